The van der Waals surface area contributed by atoms with E-state index in [0.29, 0.717) is 31.2 Å². The van der Waals surface area contributed by atoms with Gasteiger partial charge in [0.1, 0.15) is 5.75 Å². The molecule has 1 heterocycles. The van der Waals surface area contributed by atoms with E-state index < -0.39 is 0 Å². The standard InChI is InChI=1S/C19H25N5O2/c1-3-21-19(24-13-15-6-8-17(26-2)9-7-15)23-12-11-22-18(25)16-5-4-10-20-14-16/h4-10,14H,3,11-13H2,1-2H3,(H,22,25)(H2,21,23,24). The summed E-state index contributed by atoms with van der Waals surface area (Å²) in [5.41, 5.74) is 1.64. The molecule has 0 spiro atoms. The SMILES string of the molecule is CCNC(=NCc1ccc(OC)cc1)NCCNC(=O)c1cccnc1. The van der Waals surface area contributed by atoms with Crippen LogP contribution >= 0.6 is 0 Å². The van der Waals surface area contributed by atoms with Gasteiger partial charge in [0, 0.05) is 32.0 Å². The molecule has 0 saturated carbocycles. The van der Waals surface area contributed by atoms with Crippen molar-refractivity contribution < 1.29 is 9.53 Å². The molecule has 0 fully saturated rings. The minimum absolute atomic E-state index is 0.139. The number of hydrogen-bond donors (Lipinski definition) is 3. The molecule has 0 aliphatic carbocycles. The number of aliphatic imine (C=N–C) groups is 1. The molecule has 0 aliphatic heterocycles. The van der Waals surface area contributed by atoms with E-state index >= 15 is 0 Å². The third-order valence-corrected chi connectivity index (χ3v) is 3.55. The fourth-order valence-corrected chi connectivity index (χ4v) is 2.20. The Kier molecular flexibility index (Phi) is 7.92. The Morgan fingerprint density at radius 1 is 1.12 bits per heavy atom. The second-order valence-corrected chi connectivity index (χ2v) is 5.47. The first-order chi connectivity index (χ1) is 12.7. The maximum absolute atomic E-state index is 11.9. The van der Waals surface area contributed by atoms with Gasteiger partial charge in [-0.3, -0.25) is 9.78 Å². The molecule has 0 atom stereocenters. The zero-order valence-electron chi connectivity index (χ0n) is 15.2. The molecule has 1 amide bonds. The van der Waals surface area contributed by atoms with Crippen molar-refractivity contribution in [1.82, 2.24) is 20.9 Å². The van der Waals surface area contributed by atoms with Crippen molar-refractivity contribution in [2.75, 3.05) is 26.7 Å². The second kappa shape index (κ2) is 10.7. The zero-order valence-corrected chi connectivity index (χ0v) is 15.2. The fraction of sp³-hybridized carbons (Fsp3) is 0.316. The molecule has 1 aromatic carbocycles. The van der Waals surface area contributed by atoms with E-state index in [4.69, 9.17) is 4.74 Å². The summed E-state index contributed by atoms with van der Waals surface area (Å²) in [5, 5.41) is 9.24. The highest BCUT2D eigenvalue weighted by atomic mass is 16.5. The van der Waals surface area contributed by atoms with Gasteiger partial charge in [-0.2, -0.15) is 0 Å². The molecule has 7 nitrogen and oxygen atoms in total. The van der Waals surface area contributed by atoms with Gasteiger partial charge < -0.3 is 20.7 Å². The molecular weight excluding hydrogens is 330 g/mol. The van der Waals surface area contributed by atoms with E-state index in [1.165, 1.54) is 0 Å². The predicted molar refractivity (Wildman–Crippen MR) is 102 cm³/mol. The van der Waals surface area contributed by atoms with Gasteiger partial charge in [0.2, 0.25) is 0 Å². The van der Waals surface area contributed by atoms with Crippen LogP contribution in [0.15, 0.2) is 53.8 Å². The number of carbonyl (C=O) groups excluding carboxylic acids is 1. The van der Waals surface area contributed by atoms with Gasteiger partial charge in [0.05, 0.1) is 19.2 Å². The Balaban J connectivity index is 1.78. The first kappa shape index (κ1) is 19.2. The van der Waals surface area contributed by atoms with Crippen LogP contribution in [0.2, 0.25) is 0 Å². The first-order valence-corrected chi connectivity index (χ1v) is 8.56. The largest absolute Gasteiger partial charge is 0.497 e. The average molecular weight is 355 g/mol. The number of benzene rings is 1. The van der Waals surface area contributed by atoms with Crippen LogP contribution in [0.25, 0.3) is 0 Å². The summed E-state index contributed by atoms with van der Waals surface area (Å²) >= 11 is 0. The zero-order chi connectivity index (χ0) is 18.6. The molecule has 26 heavy (non-hydrogen) atoms. The number of hydrogen-bond acceptors (Lipinski definition) is 4. The van der Waals surface area contributed by atoms with E-state index in [9.17, 15) is 4.79 Å². The van der Waals surface area contributed by atoms with Crippen molar-refractivity contribution in [3.05, 3.63) is 59.9 Å². The van der Waals surface area contributed by atoms with Gasteiger partial charge in [-0.15, -0.1) is 0 Å². The highest BCUT2D eigenvalue weighted by Gasteiger charge is 2.04. The number of ether oxygens (including phenoxy) is 1. The number of pyridine rings is 1. The molecule has 0 unspecified atom stereocenters. The number of rotatable bonds is 8. The summed E-state index contributed by atoms with van der Waals surface area (Å²) in [4.78, 5) is 20.4. The smallest absolute Gasteiger partial charge is 0.252 e. The Labute approximate surface area is 153 Å². The fourth-order valence-electron chi connectivity index (χ4n) is 2.20. The third-order valence-electron chi connectivity index (χ3n) is 3.55. The molecule has 0 radical (unpaired) electrons. The quantitative estimate of drug-likeness (QED) is 0.380. The summed E-state index contributed by atoms with van der Waals surface area (Å²) in [5.74, 6) is 1.39. The number of nitrogens with zero attached hydrogens (tertiary/aromatic N) is 2. The maximum atomic E-state index is 11.9. The van der Waals surface area contributed by atoms with Crippen LogP contribution in [0.4, 0.5) is 0 Å². The topological polar surface area (TPSA) is 87.6 Å². The number of nitrogens with one attached hydrogen (secondary N) is 3. The lowest BCUT2D eigenvalue weighted by molar-refractivity contribution is 0.0954. The van der Waals surface area contributed by atoms with Crippen molar-refractivity contribution in [1.29, 1.82) is 0 Å². The van der Waals surface area contributed by atoms with Crippen LogP contribution < -0.4 is 20.7 Å². The van der Waals surface area contributed by atoms with Crippen molar-refractivity contribution >= 4 is 11.9 Å². The molecule has 0 bridgehead atoms. The summed E-state index contributed by atoms with van der Waals surface area (Å²) in [7, 11) is 1.65. The minimum atomic E-state index is -0.139. The molecule has 0 saturated heterocycles. The van der Waals surface area contributed by atoms with Crippen LogP contribution in [-0.4, -0.2) is 43.6 Å². The average Bonchev–Trinajstić information content (AvgIpc) is 2.70. The Hall–Kier alpha value is -3.09. The maximum Gasteiger partial charge on any atom is 0.252 e. The highest BCUT2D eigenvalue weighted by Crippen LogP contribution is 2.11. The number of aromatic nitrogens is 1. The Morgan fingerprint density at radius 2 is 1.88 bits per heavy atom. The van der Waals surface area contributed by atoms with Gasteiger partial charge in [0.25, 0.3) is 5.91 Å². The Morgan fingerprint density at radius 3 is 2.54 bits per heavy atom. The van der Waals surface area contributed by atoms with E-state index in [2.05, 4.69) is 25.9 Å². The lowest BCUT2D eigenvalue weighted by Crippen LogP contribution is -2.41. The molecule has 7 heteroatoms. The molecular formula is C19H25N5O2. The van der Waals surface area contributed by atoms with E-state index in [-0.39, 0.29) is 5.91 Å². The number of carbonyl (C=O) groups is 1. The van der Waals surface area contributed by atoms with Gasteiger partial charge in [-0.25, -0.2) is 4.99 Å². The summed E-state index contributed by atoms with van der Waals surface area (Å²) < 4.78 is 5.15. The summed E-state index contributed by atoms with van der Waals surface area (Å²) in [6.07, 6.45) is 3.18. The summed E-state index contributed by atoms with van der Waals surface area (Å²) in [6.45, 7) is 4.38. The molecule has 2 aromatic rings. The van der Waals surface area contributed by atoms with Crippen LogP contribution in [0, 0.1) is 0 Å². The molecule has 3 N–H and O–H groups in total. The van der Waals surface area contributed by atoms with Gasteiger partial charge >= 0.3 is 0 Å². The van der Waals surface area contributed by atoms with Crippen LogP contribution in [0.1, 0.15) is 22.8 Å². The van der Waals surface area contributed by atoms with Gasteiger partial charge in [-0.05, 0) is 36.8 Å². The lowest BCUT2D eigenvalue weighted by Gasteiger charge is -2.12. The minimum Gasteiger partial charge on any atom is -0.497 e. The first-order valence-electron chi connectivity index (χ1n) is 8.56. The third kappa shape index (κ3) is 6.43. The van der Waals surface area contributed by atoms with Crippen molar-refractivity contribution in [2.24, 2.45) is 4.99 Å². The van der Waals surface area contributed by atoms with Crippen LogP contribution in [0.5, 0.6) is 5.75 Å². The summed E-state index contributed by atoms with van der Waals surface area (Å²) in [6, 6.07) is 11.3. The van der Waals surface area contributed by atoms with E-state index in [0.717, 1.165) is 17.9 Å². The van der Waals surface area contributed by atoms with Crippen LogP contribution in [0.3, 0.4) is 0 Å². The molecule has 138 valence electrons. The number of guanidine groups is 1. The van der Waals surface area contributed by atoms with Crippen LogP contribution in [-0.2, 0) is 6.54 Å². The monoisotopic (exact) mass is 355 g/mol. The van der Waals surface area contributed by atoms with Crippen molar-refractivity contribution in [2.45, 2.75) is 13.5 Å². The molecule has 0 aliphatic rings. The molecule has 2 rings (SSSR count). The van der Waals surface area contributed by atoms with E-state index in [1.54, 1.807) is 31.6 Å². The lowest BCUT2D eigenvalue weighted by atomic mass is 10.2. The second-order valence-electron chi connectivity index (χ2n) is 5.47. The highest BCUT2D eigenvalue weighted by molar-refractivity contribution is 5.93. The van der Waals surface area contributed by atoms with Crippen molar-refractivity contribution in [3.8, 4) is 5.75 Å². The van der Waals surface area contributed by atoms with Gasteiger partial charge in [-0.1, -0.05) is 12.1 Å². The van der Waals surface area contributed by atoms with Gasteiger partial charge in [0.15, 0.2) is 5.96 Å². The number of methoxy groups -OCH3 is 1. The van der Waals surface area contributed by atoms with Crippen molar-refractivity contribution in [3.63, 3.8) is 0 Å². The van der Waals surface area contributed by atoms with E-state index in [1.807, 2.05) is 31.2 Å². The predicted octanol–water partition coefficient (Wildman–Crippen LogP) is 1.58. The number of amides is 1. The normalized spacial score (nSPS) is 10.9. The molecule has 1 aromatic heterocycles. The Bertz CT molecular complexity index is 702.